The van der Waals surface area contributed by atoms with Crippen LogP contribution in [-0.4, -0.2) is 17.7 Å². The SMILES string of the molecule is O=C(O)C1CC1CCCC12CCC(c3cccc(Oc4ccccc4)c3)(CC1)OC2. The number of aliphatic carboxylic acids is 1. The van der Waals surface area contributed by atoms with Crippen molar-refractivity contribution in [2.75, 3.05) is 6.61 Å². The van der Waals surface area contributed by atoms with Gasteiger partial charge < -0.3 is 14.6 Å². The third-order valence-electron chi connectivity index (χ3n) is 7.63. The van der Waals surface area contributed by atoms with E-state index < -0.39 is 5.97 Å². The minimum atomic E-state index is -0.611. The van der Waals surface area contributed by atoms with Gasteiger partial charge in [0.2, 0.25) is 0 Å². The molecular formula is C26H30O4. The van der Waals surface area contributed by atoms with Gasteiger partial charge >= 0.3 is 5.97 Å². The maximum atomic E-state index is 11.0. The highest BCUT2D eigenvalue weighted by Gasteiger charge is 2.50. The van der Waals surface area contributed by atoms with Gasteiger partial charge in [-0.3, -0.25) is 4.79 Å². The van der Waals surface area contributed by atoms with E-state index >= 15 is 0 Å². The lowest BCUT2D eigenvalue weighted by Gasteiger charge is -2.53. The van der Waals surface area contributed by atoms with Gasteiger partial charge in [0.05, 0.1) is 18.1 Å². The average Bonchev–Trinajstić information content (AvgIpc) is 3.56. The van der Waals surface area contributed by atoms with Crippen molar-refractivity contribution in [2.45, 2.75) is 57.0 Å². The number of carboxylic acid groups (broad SMARTS) is 1. The lowest BCUT2D eigenvalue weighted by molar-refractivity contribution is -0.192. The van der Waals surface area contributed by atoms with Crippen molar-refractivity contribution in [2.24, 2.45) is 17.3 Å². The zero-order valence-corrected chi connectivity index (χ0v) is 17.4. The van der Waals surface area contributed by atoms with E-state index in [0.29, 0.717) is 11.3 Å². The summed E-state index contributed by atoms with van der Waals surface area (Å²) in [6.07, 6.45) is 8.75. The minimum Gasteiger partial charge on any atom is -0.481 e. The van der Waals surface area contributed by atoms with Gasteiger partial charge in [-0.25, -0.2) is 0 Å². The van der Waals surface area contributed by atoms with Crippen LogP contribution in [0.5, 0.6) is 11.5 Å². The van der Waals surface area contributed by atoms with Crippen LogP contribution in [0.1, 0.15) is 56.9 Å². The Hall–Kier alpha value is -2.33. The minimum absolute atomic E-state index is 0.0745. The van der Waals surface area contributed by atoms with E-state index in [-0.39, 0.29) is 11.5 Å². The number of benzene rings is 2. The van der Waals surface area contributed by atoms with E-state index in [1.807, 2.05) is 36.4 Å². The molecule has 2 aliphatic carbocycles. The molecule has 0 aromatic heterocycles. The fraction of sp³-hybridized carbons (Fsp3) is 0.500. The Morgan fingerprint density at radius 1 is 1.03 bits per heavy atom. The van der Waals surface area contributed by atoms with Gasteiger partial charge in [-0.15, -0.1) is 0 Å². The predicted octanol–water partition coefficient (Wildman–Crippen LogP) is 6.16. The fourth-order valence-corrected chi connectivity index (χ4v) is 5.53. The van der Waals surface area contributed by atoms with Crippen molar-refractivity contribution in [3.63, 3.8) is 0 Å². The summed E-state index contributed by atoms with van der Waals surface area (Å²) >= 11 is 0. The van der Waals surface area contributed by atoms with Gasteiger partial charge in [-0.1, -0.05) is 36.8 Å². The van der Waals surface area contributed by atoms with Crippen LogP contribution in [0.25, 0.3) is 0 Å². The van der Waals surface area contributed by atoms with Crippen LogP contribution >= 0.6 is 0 Å². The monoisotopic (exact) mass is 406 g/mol. The number of hydrogen-bond donors (Lipinski definition) is 1. The summed E-state index contributed by atoms with van der Waals surface area (Å²) in [5.74, 6) is 1.43. The molecule has 2 unspecified atom stereocenters. The Morgan fingerprint density at radius 2 is 1.80 bits per heavy atom. The van der Waals surface area contributed by atoms with Crippen LogP contribution < -0.4 is 4.74 Å². The Bertz CT molecular complexity index is 882. The van der Waals surface area contributed by atoms with Gasteiger partial charge in [0, 0.05) is 0 Å². The first kappa shape index (κ1) is 19.6. The summed E-state index contributed by atoms with van der Waals surface area (Å²) in [4.78, 5) is 11.0. The molecule has 2 bridgehead atoms. The number of hydrogen-bond acceptors (Lipinski definition) is 3. The average molecular weight is 407 g/mol. The molecule has 2 aliphatic heterocycles. The summed E-state index contributed by atoms with van der Waals surface area (Å²) in [7, 11) is 0. The molecule has 1 N–H and O–H groups in total. The molecule has 30 heavy (non-hydrogen) atoms. The molecule has 2 aromatic rings. The molecule has 2 saturated carbocycles. The van der Waals surface area contributed by atoms with Gasteiger partial charge in [0.1, 0.15) is 11.5 Å². The Kier molecular flexibility index (Phi) is 5.06. The van der Waals surface area contributed by atoms with E-state index in [4.69, 9.17) is 14.6 Å². The second kappa shape index (κ2) is 7.73. The molecule has 4 fully saturated rings. The molecule has 4 nitrogen and oxygen atoms in total. The fourth-order valence-electron chi connectivity index (χ4n) is 5.53. The van der Waals surface area contributed by atoms with E-state index in [0.717, 1.165) is 50.2 Å². The highest BCUT2D eigenvalue weighted by atomic mass is 16.5. The summed E-state index contributed by atoms with van der Waals surface area (Å²) in [6.45, 7) is 0.823. The largest absolute Gasteiger partial charge is 0.481 e. The Balaban J connectivity index is 1.19. The summed E-state index contributed by atoms with van der Waals surface area (Å²) in [5.41, 5.74) is 1.35. The van der Waals surface area contributed by atoms with Gasteiger partial charge in [0.25, 0.3) is 0 Å². The van der Waals surface area contributed by atoms with Crippen LogP contribution in [0, 0.1) is 17.3 Å². The molecule has 6 rings (SSSR count). The number of carbonyl (C=O) groups is 1. The molecule has 2 heterocycles. The zero-order chi connectivity index (χ0) is 20.6. The summed E-state index contributed by atoms with van der Waals surface area (Å²) in [5, 5.41) is 9.08. The standard InChI is InChI=1S/C26H30O4/c27-24(28)23-16-19(23)6-5-11-25-12-14-26(15-13-25,29-18-25)20-7-4-10-22(17-20)30-21-8-2-1-3-9-21/h1-4,7-10,17,19,23H,5-6,11-16,18H2,(H,27,28). The molecule has 2 saturated heterocycles. The normalized spacial score (nSPS) is 32.0. The smallest absolute Gasteiger partial charge is 0.306 e. The number of fused-ring (bicyclic) bond motifs is 3. The Morgan fingerprint density at radius 3 is 2.47 bits per heavy atom. The van der Waals surface area contributed by atoms with E-state index in [1.165, 1.54) is 24.8 Å². The van der Waals surface area contributed by atoms with Crippen molar-refractivity contribution in [1.29, 1.82) is 0 Å². The molecular weight excluding hydrogens is 376 g/mol. The van der Waals surface area contributed by atoms with E-state index in [9.17, 15) is 4.79 Å². The third kappa shape index (κ3) is 3.85. The second-order valence-electron chi connectivity index (χ2n) is 9.56. The summed E-state index contributed by atoms with van der Waals surface area (Å²) < 4.78 is 12.6. The number of carboxylic acids is 1. The Labute approximate surface area is 178 Å². The molecule has 2 aromatic carbocycles. The van der Waals surface area contributed by atoms with Crippen LogP contribution in [0.15, 0.2) is 54.6 Å². The molecule has 4 aliphatic rings. The first-order valence-electron chi connectivity index (χ1n) is 11.3. The van der Waals surface area contributed by atoms with E-state index in [1.54, 1.807) is 0 Å². The van der Waals surface area contributed by atoms with Gasteiger partial charge in [-0.2, -0.15) is 0 Å². The molecule has 4 heteroatoms. The van der Waals surface area contributed by atoms with Gasteiger partial charge in [0.15, 0.2) is 0 Å². The molecule has 0 spiro atoms. The maximum Gasteiger partial charge on any atom is 0.306 e. The molecule has 158 valence electrons. The number of para-hydroxylation sites is 1. The molecule has 0 amide bonds. The van der Waals surface area contributed by atoms with E-state index in [2.05, 4.69) is 18.2 Å². The van der Waals surface area contributed by atoms with Crippen molar-refractivity contribution in [3.05, 3.63) is 60.2 Å². The molecule has 0 radical (unpaired) electrons. The lowest BCUT2D eigenvalue weighted by atomic mass is 9.62. The van der Waals surface area contributed by atoms with Crippen LogP contribution in [0.2, 0.25) is 0 Å². The quantitative estimate of drug-likeness (QED) is 0.571. The highest BCUT2D eigenvalue weighted by Crippen LogP contribution is 2.56. The van der Waals surface area contributed by atoms with Crippen molar-refractivity contribution in [3.8, 4) is 11.5 Å². The number of ether oxygens (including phenoxy) is 2. The van der Waals surface area contributed by atoms with Crippen molar-refractivity contribution < 1.29 is 19.4 Å². The van der Waals surface area contributed by atoms with Crippen molar-refractivity contribution >= 4 is 5.97 Å². The lowest BCUT2D eigenvalue weighted by Crippen LogP contribution is -2.49. The van der Waals surface area contributed by atoms with Crippen LogP contribution in [0.3, 0.4) is 0 Å². The second-order valence-corrected chi connectivity index (χ2v) is 9.56. The zero-order valence-electron chi connectivity index (χ0n) is 17.4. The maximum absolute atomic E-state index is 11.0. The number of rotatable bonds is 8. The topological polar surface area (TPSA) is 55.8 Å². The van der Waals surface area contributed by atoms with Gasteiger partial charge in [-0.05, 0) is 86.1 Å². The predicted molar refractivity (Wildman–Crippen MR) is 115 cm³/mol. The van der Waals surface area contributed by atoms with Crippen LogP contribution in [-0.2, 0) is 15.1 Å². The van der Waals surface area contributed by atoms with Crippen LogP contribution in [0.4, 0.5) is 0 Å². The first-order valence-corrected chi connectivity index (χ1v) is 11.3. The molecule has 2 atom stereocenters. The first-order chi connectivity index (χ1) is 14.6. The summed E-state index contributed by atoms with van der Waals surface area (Å²) in [6, 6.07) is 18.3. The third-order valence-corrected chi connectivity index (χ3v) is 7.63. The van der Waals surface area contributed by atoms with Crippen molar-refractivity contribution in [1.82, 2.24) is 0 Å². The highest BCUT2D eigenvalue weighted by molar-refractivity contribution is 5.73.